The summed E-state index contributed by atoms with van der Waals surface area (Å²) in [6.45, 7) is 5.33. The summed E-state index contributed by atoms with van der Waals surface area (Å²) >= 11 is 0. The van der Waals surface area contributed by atoms with E-state index in [0.29, 0.717) is 6.42 Å². The van der Waals surface area contributed by atoms with Gasteiger partial charge in [0.15, 0.2) is 0 Å². The minimum Gasteiger partial charge on any atom is -0.444 e. The highest BCUT2D eigenvalue weighted by atomic mass is 19.4. The molecule has 0 aliphatic carbocycles. The predicted octanol–water partition coefficient (Wildman–Crippen LogP) is 2.19. The number of carbonyl (C=O) groups excluding carboxylic acids is 1. The Morgan fingerprint density at radius 1 is 1.33 bits per heavy atom. The standard InChI is InChI=1S/C11H19F3N2O2/c1-10(2,3)18-9(17)16-7-4-5-15-8(6-7)11(12,13)14/h7-8,15H,4-6H2,1-3H3,(H,16,17). The Balaban J connectivity index is 2.46. The molecule has 7 heteroatoms. The molecule has 0 bridgehead atoms. The third-order valence-corrected chi connectivity index (χ3v) is 2.52. The zero-order valence-corrected chi connectivity index (χ0v) is 10.7. The summed E-state index contributed by atoms with van der Waals surface area (Å²) in [5.74, 6) is 0. The highest BCUT2D eigenvalue weighted by molar-refractivity contribution is 5.68. The number of amides is 1. The molecule has 1 amide bonds. The largest absolute Gasteiger partial charge is 0.444 e. The molecule has 4 nitrogen and oxygen atoms in total. The van der Waals surface area contributed by atoms with Crippen molar-refractivity contribution in [1.82, 2.24) is 10.6 Å². The first-order valence-electron chi connectivity index (χ1n) is 5.87. The average molecular weight is 268 g/mol. The molecule has 1 heterocycles. The third kappa shape index (κ3) is 5.12. The molecular weight excluding hydrogens is 249 g/mol. The van der Waals surface area contributed by atoms with Gasteiger partial charge in [0.1, 0.15) is 11.6 Å². The van der Waals surface area contributed by atoms with E-state index in [-0.39, 0.29) is 13.0 Å². The van der Waals surface area contributed by atoms with Gasteiger partial charge in [-0.1, -0.05) is 0 Å². The molecule has 106 valence electrons. The van der Waals surface area contributed by atoms with Gasteiger partial charge in [0, 0.05) is 6.04 Å². The summed E-state index contributed by atoms with van der Waals surface area (Å²) in [7, 11) is 0. The lowest BCUT2D eigenvalue weighted by Crippen LogP contribution is -2.53. The van der Waals surface area contributed by atoms with Crippen molar-refractivity contribution in [2.45, 2.75) is 57.5 Å². The van der Waals surface area contributed by atoms with Gasteiger partial charge >= 0.3 is 12.3 Å². The summed E-state index contributed by atoms with van der Waals surface area (Å²) in [5, 5.41) is 4.87. The van der Waals surface area contributed by atoms with E-state index >= 15 is 0 Å². The highest BCUT2D eigenvalue weighted by Crippen LogP contribution is 2.26. The second-order valence-corrected chi connectivity index (χ2v) is 5.42. The molecular formula is C11H19F3N2O2. The Labute approximate surface area is 104 Å². The zero-order chi connectivity index (χ0) is 14.0. The molecule has 1 saturated heterocycles. The van der Waals surface area contributed by atoms with Crippen molar-refractivity contribution in [2.24, 2.45) is 0 Å². The number of alkyl carbamates (subject to hydrolysis) is 1. The van der Waals surface area contributed by atoms with Crippen LogP contribution in [0.2, 0.25) is 0 Å². The molecule has 0 saturated carbocycles. The van der Waals surface area contributed by atoms with Crippen molar-refractivity contribution in [2.75, 3.05) is 6.54 Å². The normalized spacial score (nSPS) is 25.7. The van der Waals surface area contributed by atoms with E-state index in [1.165, 1.54) is 0 Å². The number of alkyl halides is 3. The molecule has 2 N–H and O–H groups in total. The fraction of sp³-hybridized carbons (Fsp3) is 0.909. The summed E-state index contributed by atoms with van der Waals surface area (Å²) in [4.78, 5) is 11.4. The monoisotopic (exact) mass is 268 g/mol. The fourth-order valence-electron chi connectivity index (χ4n) is 1.77. The smallest absolute Gasteiger partial charge is 0.407 e. The van der Waals surface area contributed by atoms with E-state index in [1.54, 1.807) is 20.8 Å². The molecule has 0 spiro atoms. The third-order valence-electron chi connectivity index (χ3n) is 2.52. The Bertz CT molecular complexity index is 300. The molecule has 2 unspecified atom stereocenters. The number of ether oxygens (including phenoxy) is 1. The lowest BCUT2D eigenvalue weighted by Gasteiger charge is -2.32. The average Bonchev–Trinajstić information content (AvgIpc) is 2.13. The molecule has 18 heavy (non-hydrogen) atoms. The van der Waals surface area contributed by atoms with Crippen molar-refractivity contribution in [3.8, 4) is 0 Å². The first kappa shape index (κ1) is 15.1. The molecule has 0 radical (unpaired) electrons. The van der Waals surface area contributed by atoms with Crippen molar-refractivity contribution >= 4 is 6.09 Å². The van der Waals surface area contributed by atoms with Crippen molar-refractivity contribution in [3.05, 3.63) is 0 Å². The van der Waals surface area contributed by atoms with Crippen LogP contribution < -0.4 is 10.6 Å². The summed E-state index contributed by atoms with van der Waals surface area (Å²) in [6.07, 6.45) is -4.65. The van der Waals surface area contributed by atoms with Crippen LogP contribution in [-0.4, -0.2) is 36.5 Å². The quantitative estimate of drug-likeness (QED) is 0.766. The van der Waals surface area contributed by atoms with Crippen molar-refractivity contribution in [1.29, 1.82) is 0 Å². The Kier molecular flexibility index (Phi) is 4.47. The lowest BCUT2D eigenvalue weighted by molar-refractivity contribution is -0.161. The molecule has 2 atom stereocenters. The van der Waals surface area contributed by atoms with Gasteiger partial charge in [-0.05, 0) is 40.2 Å². The number of rotatable bonds is 1. The molecule has 0 aromatic rings. The summed E-state index contributed by atoms with van der Waals surface area (Å²) < 4.78 is 42.6. The minimum absolute atomic E-state index is 0.164. The molecule has 1 fully saturated rings. The van der Waals surface area contributed by atoms with Gasteiger partial charge in [0.25, 0.3) is 0 Å². The van der Waals surface area contributed by atoms with Gasteiger partial charge < -0.3 is 15.4 Å². The molecule has 0 aromatic carbocycles. The van der Waals surface area contributed by atoms with Crippen LogP contribution in [-0.2, 0) is 4.74 Å². The van der Waals surface area contributed by atoms with Crippen LogP contribution in [0.1, 0.15) is 33.6 Å². The van der Waals surface area contributed by atoms with Crippen LogP contribution >= 0.6 is 0 Å². The van der Waals surface area contributed by atoms with E-state index in [4.69, 9.17) is 4.74 Å². The van der Waals surface area contributed by atoms with Gasteiger partial charge in [-0.2, -0.15) is 13.2 Å². The van der Waals surface area contributed by atoms with Crippen LogP contribution in [0.15, 0.2) is 0 Å². The number of nitrogens with one attached hydrogen (secondary N) is 2. The second kappa shape index (κ2) is 5.34. The topological polar surface area (TPSA) is 50.4 Å². The number of halogens is 3. The minimum atomic E-state index is -4.28. The maximum atomic E-state index is 12.5. The van der Waals surface area contributed by atoms with Crippen molar-refractivity contribution in [3.63, 3.8) is 0 Å². The lowest BCUT2D eigenvalue weighted by atomic mass is 9.99. The SMILES string of the molecule is CC(C)(C)OC(=O)NC1CCNC(C(F)(F)F)C1. The van der Waals surface area contributed by atoms with E-state index < -0.39 is 30.0 Å². The van der Waals surface area contributed by atoms with E-state index in [9.17, 15) is 18.0 Å². The zero-order valence-electron chi connectivity index (χ0n) is 10.7. The van der Waals surface area contributed by atoms with Crippen LogP contribution in [0, 0.1) is 0 Å². The van der Waals surface area contributed by atoms with Crippen LogP contribution in [0.25, 0.3) is 0 Å². The van der Waals surface area contributed by atoms with Gasteiger partial charge in [-0.25, -0.2) is 4.79 Å². The molecule has 1 aliphatic rings. The molecule has 0 aromatic heterocycles. The number of carbonyl (C=O) groups is 1. The van der Waals surface area contributed by atoms with Crippen LogP contribution in [0.5, 0.6) is 0 Å². The van der Waals surface area contributed by atoms with Gasteiger partial charge in [-0.3, -0.25) is 0 Å². The van der Waals surface area contributed by atoms with Crippen LogP contribution in [0.3, 0.4) is 0 Å². The van der Waals surface area contributed by atoms with Crippen molar-refractivity contribution < 1.29 is 22.7 Å². The Morgan fingerprint density at radius 3 is 2.44 bits per heavy atom. The van der Waals surface area contributed by atoms with E-state index in [2.05, 4.69) is 10.6 Å². The Hall–Kier alpha value is -0.980. The Morgan fingerprint density at radius 2 is 1.94 bits per heavy atom. The predicted molar refractivity (Wildman–Crippen MR) is 60.2 cm³/mol. The van der Waals surface area contributed by atoms with E-state index in [0.717, 1.165) is 0 Å². The van der Waals surface area contributed by atoms with Gasteiger partial charge in [0.2, 0.25) is 0 Å². The summed E-state index contributed by atoms with van der Waals surface area (Å²) in [5.41, 5.74) is -0.652. The first-order chi connectivity index (χ1) is 8.08. The van der Waals surface area contributed by atoms with Gasteiger partial charge in [0.05, 0.1) is 0 Å². The van der Waals surface area contributed by atoms with E-state index in [1.807, 2.05) is 0 Å². The maximum absolute atomic E-state index is 12.5. The first-order valence-corrected chi connectivity index (χ1v) is 5.87. The van der Waals surface area contributed by atoms with Crippen LogP contribution in [0.4, 0.5) is 18.0 Å². The number of hydrogen-bond acceptors (Lipinski definition) is 3. The molecule has 1 rings (SSSR count). The molecule has 1 aliphatic heterocycles. The maximum Gasteiger partial charge on any atom is 0.407 e. The fourth-order valence-corrected chi connectivity index (χ4v) is 1.77. The number of hydrogen-bond donors (Lipinski definition) is 2. The highest BCUT2D eigenvalue weighted by Gasteiger charge is 2.42. The second-order valence-electron chi connectivity index (χ2n) is 5.42. The van der Waals surface area contributed by atoms with Gasteiger partial charge in [-0.15, -0.1) is 0 Å². The summed E-state index contributed by atoms with van der Waals surface area (Å²) in [6, 6.07) is -2.07. The number of piperidine rings is 1.